The van der Waals surface area contributed by atoms with E-state index < -0.39 is 5.41 Å². The molecule has 0 saturated carbocycles. The molecule has 0 atom stereocenters. The van der Waals surface area contributed by atoms with Crippen molar-refractivity contribution in [3.05, 3.63) is 313 Å². The van der Waals surface area contributed by atoms with Crippen LogP contribution in [0.1, 0.15) is 22.3 Å². The van der Waals surface area contributed by atoms with E-state index in [-0.39, 0.29) is 0 Å². The molecule has 2 nitrogen and oxygen atoms in total. The number of nitrogens with zero attached hydrogens (tertiary/aromatic N) is 2. The van der Waals surface area contributed by atoms with Gasteiger partial charge < -0.3 is 9.80 Å². The zero-order valence-electron chi connectivity index (χ0n) is 41.1. The summed E-state index contributed by atoms with van der Waals surface area (Å²) in [6, 6.07) is 108. The molecular formula is C73H48N2. The van der Waals surface area contributed by atoms with Crippen LogP contribution in [0.25, 0.3) is 76.8 Å². The second-order valence-corrected chi connectivity index (χ2v) is 20.0. The minimum absolute atomic E-state index is 0.576. The van der Waals surface area contributed by atoms with Gasteiger partial charge in [-0.3, -0.25) is 0 Å². The van der Waals surface area contributed by atoms with Gasteiger partial charge in [-0.25, -0.2) is 0 Å². The van der Waals surface area contributed by atoms with Crippen LogP contribution in [0.2, 0.25) is 0 Å². The van der Waals surface area contributed by atoms with E-state index in [1.54, 1.807) is 0 Å². The SMILES string of the molecule is c1ccc(-c2ccc(N(c3ccccc3)c3ccc4cc5c(cc4c3)C3(c4cc6cc(N(c7ccccc7)c7ccc(-c8ccccc8)cc7)ccc6cc4-5)c4ccccc4-c4c3ccc3ccccc43)cc2)cc1. The summed E-state index contributed by atoms with van der Waals surface area (Å²) in [5.41, 5.74) is 21.4. The Morgan fingerprint density at radius 3 is 1.13 bits per heavy atom. The molecule has 0 saturated heterocycles. The van der Waals surface area contributed by atoms with Crippen molar-refractivity contribution < 1.29 is 0 Å². The van der Waals surface area contributed by atoms with E-state index >= 15 is 0 Å². The van der Waals surface area contributed by atoms with E-state index in [4.69, 9.17) is 0 Å². The van der Waals surface area contributed by atoms with Gasteiger partial charge in [0.2, 0.25) is 0 Å². The second kappa shape index (κ2) is 17.2. The maximum absolute atomic E-state index is 2.53. The Morgan fingerprint density at radius 1 is 0.213 bits per heavy atom. The van der Waals surface area contributed by atoms with Gasteiger partial charge in [0, 0.05) is 34.1 Å². The zero-order chi connectivity index (χ0) is 49.5. The lowest BCUT2D eigenvalue weighted by Crippen LogP contribution is -2.26. The van der Waals surface area contributed by atoms with Crippen LogP contribution in [0.4, 0.5) is 34.1 Å². The summed E-state index contributed by atoms with van der Waals surface area (Å²) >= 11 is 0. The van der Waals surface area contributed by atoms with Gasteiger partial charge in [0.25, 0.3) is 0 Å². The monoisotopic (exact) mass is 952 g/mol. The van der Waals surface area contributed by atoms with E-state index in [2.05, 4.69) is 301 Å². The first-order valence-electron chi connectivity index (χ1n) is 26.0. The molecule has 15 rings (SSSR count). The Balaban J connectivity index is 0.935. The highest BCUT2D eigenvalue weighted by Gasteiger charge is 2.52. The lowest BCUT2D eigenvalue weighted by molar-refractivity contribution is 0.797. The van der Waals surface area contributed by atoms with E-state index in [9.17, 15) is 0 Å². The lowest BCUT2D eigenvalue weighted by Gasteiger charge is -2.31. The third-order valence-corrected chi connectivity index (χ3v) is 16.0. The molecule has 0 bridgehead atoms. The minimum atomic E-state index is -0.576. The van der Waals surface area contributed by atoms with Crippen LogP contribution < -0.4 is 9.80 Å². The average molecular weight is 953 g/mol. The molecule has 0 unspecified atom stereocenters. The molecule has 1 spiro atoms. The maximum Gasteiger partial charge on any atom is 0.0726 e. The van der Waals surface area contributed by atoms with Gasteiger partial charge in [-0.2, -0.15) is 0 Å². The van der Waals surface area contributed by atoms with Crippen molar-refractivity contribution >= 4 is 66.4 Å². The molecule has 13 aromatic rings. The standard InChI is InChI=1S/C73H48N2/c1-5-17-49(18-6-1)51-29-36-60(37-30-51)74(58-22-9-3-10-23-58)62-40-33-54-45-66-67-46-55-34-41-63(75(59-24-11-4-12-25-59)61-38-31-52(32-39-61)50-19-7-2-8-20-50)44-57(55)48-71(67)73(70(66)47-56(54)43-62)68-28-16-15-27-65(68)72-64-26-14-13-21-53(64)35-42-69(72)73/h1-48H. The van der Waals surface area contributed by atoms with Gasteiger partial charge >= 0.3 is 0 Å². The molecule has 0 heterocycles. The Morgan fingerprint density at radius 2 is 0.613 bits per heavy atom. The second-order valence-electron chi connectivity index (χ2n) is 20.0. The molecule has 2 heteroatoms. The quantitative estimate of drug-likeness (QED) is 0.150. The molecule has 0 N–H and O–H groups in total. The molecule has 0 amide bonds. The maximum atomic E-state index is 2.53. The average Bonchev–Trinajstić information content (AvgIpc) is 4.18. The smallest absolute Gasteiger partial charge is 0.0726 e. The van der Waals surface area contributed by atoms with Crippen molar-refractivity contribution in [1.29, 1.82) is 0 Å². The highest BCUT2D eigenvalue weighted by Crippen LogP contribution is 2.65. The Labute approximate surface area is 437 Å². The fourth-order valence-corrected chi connectivity index (χ4v) is 12.6. The first-order valence-corrected chi connectivity index (χ1v) is 26.0. The van der Waals surface area contributed by atoms with E-state index in [0.29, 0.717) is 0 Å². The minimum Gasteiger partial charge on any atom is -0.310 e. The molecule has 0 fully saturated rings. The number of hydrogen-bond acceptors (Lipinski definition) is 2. The molecule has 2 aliphatic rings. The molecular weight excluding hydrogens is 905 g/mol. The molecule has 350 valence electrons. The predicted octanol–water partition coefficient (Wildman–Crippen LogP) is 19.8. The molecule has 0 aromatic heterocycles. The van der Waals surface area contributed by atoms with Gasteiger partial charge in [-0.05, 0) is 196 Å². The Kier molecular flexibility index (Phi) is 9.83. The number of rotatable bonds is 8. The third-order valence-electron chi connectivity index (χ3n) is 16.0. The normalized spacial score (nSPS) is 12.6. The van der Waals surface area contributed by atoms with Crippen molar-refractivity contribution in [2.75, 3.05) is 9.80 Å². The number of fused-ring (bicyclic) bond motifs is 14. The summed E-state index contributed by atoms with van der Waals surface area (Å²) in [4.78, 5) is 4.78. The van der Waals surface area contributed by atoms with Crippen LogP contribution in [0.5, 0.6) is 0 Å². The molecule has 75 heavy (non-hydrogen) atoms. The van der Waals surface area contributed by atoms with Crippen molar-refractivity contribution in [3.63, 3.8) is 0 Å². The van der Waals surface area contributed by atoms with Crippen molar-refractivity contribution in [3.8, 4) is 44.5 Å². The molecule has 13 aromatic carbocycles. The molecule has 2 aliphatic carbocycles. The third kappa shape index (κ3) is 6.80. The van der Waals surface area contributed by atoms with Gasteiger partial charge in [0.1, 0.15) is 0 Å². The predicted molar refractivity (Wildman–Crippen MR) is 315 cm³/mol. The summed E-state index contributed by atoms with van der Waals surface area (Å²) in [6.07, 6.45) is 0. The van der Waals surface area contributed by atoms with Crippen LogP contribution in [-0.4, -0.2) is 0 Å². The lowest BCUT2D eigenvalue weighted by atomic mass is 9.70. The summed E-state index contributed by atoms with van der Waals surface area (Å²) < 4.78 is 0. The Hall–Kier alpha value is -9.76. The van der Waals surface area contributed by atoms with Crippen molar-refractivity contribution in [1.82, 2.24) is 0 Å². The highest BCUT2D eigenvalue weighted by molar-refractivity contribution is 6.09. The van der Waals surface area contributed by atoms with Crippen LogP contribution in [0.3, 0.4) is 0 Å². The number of anilines is 6. The largest absolute Gasteiger partial charge is 0.310 e. The molecule has 0 radical (unpaired) electrons. The topological polar surface area (TPSA) is 6.48 Å². The zero-order valence-corrected chi connectivity index (χ0v) is 41.1. The summed E-state index contributed by atoms with van der Waals surface area (Å²) in [5, 5.41) is 7.37. The molecule has 0 aliphatic heterocycles. The van der Waals surface area contributed by atoms with E-state index in [1.165, 1.54) is 99.1 Å². The van der Waals surface area contributed by atoms with Crippen molar-refractivity contribution in [2.45, 2.75) is 5.41 Å². The first kappa shape index (κ1) is 42.9. The van der Waals surface area contributed by atoms with E-state index in [1.807, 2.05) is 0 Å². The first-order chi connectivity index (χ1) is 37.2. The van der Waals surface area contributed by atoms with Crippen LogP contribution >= 0.6 is 0 Å². The van der Waals surface area contributed by atoms with Gasteiger partial charge in [0.15, 0.2) is 0 Å². The van der Waals surface area contributed by atoms with Crippen LogP contribution in [0, 0.1) is 0 Å². The number of para-hydroxylation sites is 2. The van der Waals surface area contributed by atoms with E-state index in [0.717, 1.165) is 34.1 Å². The fraction of sp³-hybridized carbons (Fsp3) is 0.0137. The number of benzene rings is 13. The summed E-state index contributed by atoms with van der Waals surface area (Å²) in [5.74, 6) is 0. The van der Waals surface area contributed by atoms with Crippen molar-refractivity contribution in [2.24, 2.45) is 0 Å². The van der Waals surface area contributed by atoms with Gasteiger partial charge in [-0.1, -0.05) is 194 Å². The Bertz CT molecular complexity index is 4100. The number of hydrogen-bond donors (Lipinski definition) is 0. The fourth-order valence-electron chi connectivity index (χ4n) is 12.6. The van der Waals surface area contributed by atoms with Crippen LogP contribution in [-0.2, 0) is 5.41 Å². The van der Waals surface area contributed by atoms with Crippen LogP contribution in [0.15, 0.2) is 291 Å². The van der Waals surface area contributed by atoms with Gasteiger partial charge in [-0.15, -0.1) is 0 Å². The summed E-state index contributed by atoms with van der Waals surface area (Å²) in [7, 11) is 0. The van der Waals surface area contributed by atoms with Gasteiger partial charge in [0.05, 0.1) is 5.41 Å². The summed E-state index contributed by atoms with van der Waals surface area (Å²) in [6.45, 7) is 0. The highest BCUT2D eigenvalue weighted by atomic mass is 15.1.